The fourth-order valence-electron chi connectivity index (χ4n) is 1.26. The third-order valence-corrected chi connectivity index (χ3v) is 2.51. The van der Waals surface area contributed by atoms with Crippen LogP contribution in [0.25, 0.3) is 0 Å². The first-order valence-corrected chi connectivity index (χ1v) is 5.05. The van der Waals surface area contributed by atoms with Crippen molar-refractivity contribution in [1.29, 1.82) is 0 Å². The van der Waals surface area contributed by atoms with E-state index in [1.54, 1.807) is 6.26 Å². The summed E-state index contributed by atoms with van der Waals surface area (Å²) in [6, 6.07) is 9.30. The lowest BCUT2D eigenvalue weighted by Crippen LogP contribution is -1.93. The van der Waals surface area contributed by atoms with Crippen LogP contribution in [0, 0.1) is 6.92 Å². The van der Waals surface area contributed by atoms with Gasteiger partial charge in [0, 0.05) is 5.02 Å². The number of benzene rings is 1. The highest BCUT2D eigenvalue weighted by atomic mass is 35.5. The van der Waals surface area contributed by atoms with E-state index < -0.39 is 0 Å². The van der Waals surface area contributed by atoms with Crippen molar-refractivity contribution in [3.05, 3.63) is 52.9 Å². The Balaban J connectivity index is 2.02. The van der Waals surface area contributed by atoms with Crippen LogP contribution in [-0.2, 0) is 6.61 Å². The molecule has 2 nitrogen and oxygen atoms in total. The Morgan fingerprint density at radius 1 is 1.33 bits per heavy atom. The van der Waals surface area contributed by atoms with Gasteiger partial charge in [-0.25, -0.2) is 0 Å². The molecule has 0 saturated carbocycles. The van der Waals surface area contributed by atoms with Crippen LogP contribution in [0.1, 0.15) is 11.3 Å². The van der Waals surface area contributed by atoms with Crippen molar-refractivity contribution < 1.29 is 9.15 Å². The second kappa shape index (κ2) is 4.41. The predicted molar refractivity (Wildman–Crippen MR) is 59.2 cm³/mol. The second-order valence-electron chi connectivity index (χ2n) is 3.28. The molecule has 1 aromatic carbocycles. The second-order valence-corrected chi connectivity index (χ2v) is 3.69. The first kappa shape index (κ1) is 10.1. The van der Waals surface area contributed by atoms with E-state index in [2.05, 4.69) is 0 Å². The number of aryl methyl sites for hydroxylation is 1. The van der Waals surface area contributed by atoms with Gasteiger partial charge in [-0.15, -0.1) is 0 Å². The molecule has 0 aliphatic heterocycles. The molecule has 1 aromatic heterocycles. The largest absolute Gasteiger partial charge is 0.486 e. The highest BCUT2D eigenvalue weighted by Gasteiger charge is 2.00. The average Bonchev–Trinajstić information content (AvgIpc) is 2.73. The van der Waals surface area contributed by atoms with Gasteiger partial charge in [0.2, 0.25) is 0 Å². The van der Waals surface area contributed by atoms with E-state index in [1.165, 1.54) is 0 Å². The molecule has 78 valence electrons. The Bertz CT molecular complexity index is 435. The summed E-state index contributed by atoms with van der Waals surface area (Å²) in [6.45, 7) is 2.39. The number of rotatable bonds is 3. The first-order valence-electron chi connectivity index (χ1n) is 4.67. The number of halogens is 1. The monoisotopic (exact) mass is 222 g/mol. The lowest BCUT2D eigenvalue weighted by atomic mass is 10.2. The van der Waals surface area contributed by atoms with Gasteiger partial charge in [-0.1, -0.05) is 11.6 Å². The highest BCUT2D eigenvalue weighted by Crippen LogP contribution is 2.21. The number of hydrogen-bond acceptors (Lipinski definition) is 2. The Hall–Kier alpha value is -1.41. The molecule has 0 unspecified atom stereocenters. The summed E-state index contributed by atoms with van der Waals surface area (Å²) in [5.74, 6) is 1.61. The first-order chi connectivity index (χ1) is 7.25. The van der Waals surface area contributed by atoms with Crippen LogP contribution in [-0.4, -0.2) is 0 Å². The summed E-state index contributed by atoms with van der Waals surface area (Å²) in [5.41, 5.74) is 1.01. The fourth-order valence-corrected chi connectivity index (χ4v) is 1.37. The van der Waals surface area contributed by atoms with E-state index in [1.807, 2.05) is 37.3 Å². The van der Waals surface area contributed by atoms with Crippen LogP contribution in [0.2, 0.25) is 5.02 Å². The van der Waals surface area contributed by atoms with Gasteiger partial charge in [-0.2, -0.15) is 0 Å². The summed E-state index contributed by atoms with van der Waals surface area (Å²) in [5, 5.41) is 0.750. The maximum absolute atomic E-state index is 5.91. The van der Waals surface area contributed by atoms with Crippen molar-refractivity contribution in [3.63, 3.8) is 0 Å². The zero-order valence-corrected chi connectivity index (χ0v) is 9.12. The summed E-state index contributed by atoms with van der Waals surface area (Å²) in [6.07, 6.45) is 1.63. The average molecular weight is 223 g/mol. The number of furan rings is 1. The number of ether oxygens (including phenoxy) is 1. The molecule has 0 radical (unpaired) electrons. The van der Waals surface area contributed by atoms with Gasteiger partial charge in [-0.05, 0) is 42.8 Å². The Kier molecular flexibility index (Phi) is 2.97. The molecule has 0 aliphatic rings. The quantitative estimate of drug-likeness (QED) is 0.788. The predicted octanol–water partition coefficient (Wildman–Crippen LogP) is 3.82. The minimum Gasteiger partial charge on any atom is -0.486 e. The normalized spacial score (nSPS) is 10.3. The van der Waals surface area contributed by atoms with E-state index in [4.69, 9.17) is 20.8 Å². The molecule has 1 heterocycles. The lowest BCUT2D eigenvalue weighted by molar-refractivity contribution is 0.270. The van der Waals surface area contributed by atoms with E-state index in [0.29, 0.717) is 6.61 Å². The zero-order chi connectivity index (χ0) is 10.7. The standard InChI is InChI=1S/C12H11ClO2/c1-9-7-10(4-5-12(9)13)15-8-11-3-2-6-14-11/h2-7H,8H2,1H3. The SMILES string of the molecule is Cc1cc(OCc2ccco2)ccc1Cl. The van der Waals surface area contributed by atoms with Crippen molar-refractivity contribution in [2.24, 2.45) is 0 Å². The minimum atomic E-state index is 0.439. The zero-order valence-electron chi connectivity index (χ0n) is 8.37. The molecule has 0 aliphatic carbocycles. The topological polar surface area (TPSA) is 22.4 Å². The molecule has 2 aromatic rings. The Labute approximate surface area is 93.4 Å². The summed E-state index contributed by atoms with van der Waals surface area (Å²) >= 11 is 5.91. The smallest absolute Gasteiger partial charge is 0.146 e. The van der Waals surface area contributed by atoms with Gasteiger partial charge in [0.1, 0.15) is 18.1 Å². The molecule has 0 fully saturated rings. The Morgan fingerprint density at radius 3 is 2.87 bits per heavy atom. The third-order valence-electron chi connectivity index (χ3n) is 2.09. The van der Waals surface area contributed by atoms with Crippen molar-refractivity contribution >= 4 is 11.6 Å². The van der Waals surface area contributed by atoms with Gasteiger partial charge in [0.25, 0.3) is 0 Å². The summed E-state index contributed by atoms with van der Waals surface area (Å²) in [7, 11) is 0. The maximum Gasteiger partial charge on any atom is 0.146 e. The molecule has 0 amide bonds. The molecule has 0 atom stereocenters. The van der Waals surface area contributed by atoms with Gasteiger partial charge in [0.05, 0.1) is 6.26 Å². The van der Waals surface area contributed by atoms with Crippen LogP contribution >= 0.6 is 11.6 Å². The molecular weight excluding hydrogens is 212 g/mol. The fraction of sp³-hybridized carbons (Fsp3) is 0.167. The van der Waals surface area contributed by atoms with E-state index in [0.717, 1.165) is 22.1 Å². The van der Waals surface area contributed by atoms with E-state index in [-0.39, 0.29) is 0 Å². The lowest BCUT2D eigenvalue weighted by Gasteiger charge is -2.05. The molecule has 15 heavy (non-hydrogen) atoms. The third kappa shape index (κ3) is 2.54. The highest BCUT2D eigenvalue weighted by molar-refractivity contribution is 6.31. The van der Waals surface area contributed by atoms with Crippen molar-refractivity contribution in [1.82, 2.24) is 0 Å². The van der Waals surface area contributed by atoms with Gasteiger partial charge in [0.15, 0.2) is 0 Å². The molecule has 0 spiro atoms. The maximum atomic E-state index is 5.91. The van der Waals surface area contributed by atoms with Gasteiger partial charge < -0.3 is 9.15 Å². The minimum absolute atomic E-state index is 0.439. The molecule has 0 N–H and O–H groups in total. The van der Waals surface area contributed by atoms with Gasteiger partial charge >= 0.3 is 0 Å². The van der Waals surface area contributed by atoms with Crippen molar-refractivity contribution in [3.8, 4) is 5.75 Å². The van der Waals surface area contributed by atoms with Crippen molar-refractivity contribution in [2.75, 3.05) is 0 Å². The van der Waals surface area contributed by atoms with Crippen LogP contribution in [0.15, 0.2) is 41.0 Å². The van der Waals surface area contributed by atoms with E-state index in [9.17, 15) is 0 Å². The van der Waals surface area contributed by atoms with Crippen LogP contribution in [0.3, 0.4) is 0 Å². The summed E-state index contributed by atoms with van der Waals surface area (Å²) < 4.78 is 10.7. The van der Waals surface area contributed by atoms with E-state index >= 15 is 0 Å². The molecule has 3 heteroatoms. The summed E-state index contributed by atoms with van der Waals surface area (Å²) in [4.78, 5) is 0. The molecule has 0 saturated heterocycles. The number of hydrogen-bond donors (Lipinski definition) is 0. The van der Waals surface area contributed by atoms with Crippen molar-refractivity contribution in [2.45, 2.75) is 13.5 Å². The molecular formula is C12H11ClO2. The molecule has 2 rings (SSSR count). The molecule has 0 bridgehead atoms. The Morgan fingerprint density at radius 2 is 2.20 bits per heavy atom. The van der Waals surface area contributed by atoms with Crippen LogP contribution in [0.4, 0.5) is 0 Å². The van der Waals surface area contributed by atoms with Crippen LogP contribution in [0.5, 0.6) is 5.75 Å². The van der Waals surface area contributed by atoms with Crippen LogP contribution < -0.4 is 4.74 Å². The van der Waals surface area contributed by atoms with Gasteiger partial charge in [-0.3, -0.25) is 0 Å².